The second-order valence-electron chi connectivity index (χ2n) is 6.94. The number of hydrogen-bond donors (Lipinski definition) is 2. The summed E-state index contributed by atoms with van der Waals surface area (Å²) in [6, 6.07) is 0.0153. The number of amides is 1. The summed E-state index contributed by atoms with van der Waals surface area (Å²) in [5, 5.41) is 9.74. The molecule has 0 radical (unpaired) electrons. The topological polar surface area (TPSA) is 74.6 Å². The van der Waals surface area contributed by atoms with E-state index in [0.29, 0.717) is 25.6 Å². The highest BCUT2D eigenvalue weighted by Gasteiger charge is 2.36. The third-order valence-electron chi connectivity index (χ3n) is 4.26. The summed E-state index contributed by atoms with van der Waals surface area (Å²) in [7, 11) is 1.45. The number of aliphatic imine (C=N–C) groups is 1. The Bertz CT molecular complexity index is 683. The van der Waals surface area contributed by atoms with Crippen LogP contribution in [-0.2, 0) is 24.6 Å². The number of aromatic nitrogens is 2. The Morgan fingerprint density at radius 3 is 2.74 bits per heavy atom. The SMILES string of the molecule is CCNC(=NCc1cn(C)nc1C(F)(F)F)NC1CCN(C(=O)C(C)C)C1. The van der Waals surface area contributed by atoms with Gasteiger partial charge in [-0.1, -0.05) is 13.8 Å². The van der Waals surface area contributed by atoms with Crippen molar-refractivity contribution >= 4 is 11.9 Å². The van der Waals surface area contributed by atoms with Gasteiger partial charge < -0.3 is 15.5 Å². The molecule has 0 aromatic carbocycles. The molecule has 1 amide bonds. The summed E-state index contributed by atoms with van der Waals surface area (Å²) >= 11 is 0. The van der Waals surface area contributed by atoms with Crippen LogP contribution in [0.5, 0.6) is 0 Å². The van der Waals surface area contributed by atoms with E-state index < -0.39 is 11.9 Å². The molecule has 1 atom stereocenters. The first-order valence-corrected chi connectivity index (χ1v) is 9.05. The van der Waals surface area contributed by atoms with E-state index in [2.05, 4.69) is 20.7 Å². The molecule has 27 heavy (non-hydrogen) atoms. The van der Waals surface area contributed by atoms with Crippen LogP contribution >= 0.6 is 0 Å². The molecule has 1 aromatic rings. The number of aryl methyl sites for hydroxylation is 1. The molecule has 1 aliphatic rings. The van der Waals surface area contributed by atoms with Crippen molar-refractivity contribution in [2.75, 3.05) is 19.6 Å². The van der Waals surface area contributed by atoms with Gasteiger partial charge in [0.05, 0.1) is 6.54 Å². The summed E-state index contributed by atoms with van der Waals surface area (Å²) in [5.41, 5.74) is -0.899. The van der Waals surface area contributed by atoms with Crippen LogP contribution in [0.1, 0.15) is 38.4 Å². The number of likely N-dealkylation sites (tertiary alicyclic amines) is 1. The predicted octanol–water partition coefficient (Wildman–Crippen LogP) is 1.75. The minimum absolute atomic E-state index is 0.0153. The minimum atomic E-state index is -4.51. The Labute approximate surface area is 157 Å². The van der Waals surface area contributed by atoms with Crippen molar-refractivity contribution < 1.29 is 18.0 Å². The summed E-state index contributed by atoms with van der Waals surface area (Å²) in [4.78, 5) is 18.2. The van der Waals surface area contributed by atoms with E-state index >= 15 is 0 Å². The molecule has 0 bridgehead atoms. The van der Waals surface area contributed by atoms with Gasteiger partial charge in [-0.15, -0.1) is 0 Å². The zero-order valence-corrected chi connectivity index (χ0v) is 16.1. The zero-order chi connectivity index (χ0) is 20.2. The van der Waals surface area contributed by atoms with E-state index in [-0.39, 0.29) is 30.0 Å². The zero-order valence-electron chi connectivity index (χ0n) is 16.1. The molecule has 7 nitrogen and oxygen atoms in total. The highest BCUT2D eigenvalue weighted by molar-refractivity contribution is 5.81. The molecular formula is C17H27F3N6O. The van der Waals surface area contributed by atoms with Crippen molar-refractivity contribution in [2.45, 2.75) is 46.0 Å². The lowest BCUT2D eigenvalue weighted by atomic mass is 10.2. The van der Waals surface area contributed by atoms with Crippen molar-refractivity contribution in [3.8, 4) is 0 Å². The number of hydrogen-bond acceptors (Lipinski definition) is 3. The van der Waals surface area contributed by atoms with Crippen molar-refractivity contribution in [1.82, 2.24) is 25.3 Å². The fourth-order valence-corrected chi connectivity index (χ4v) is 3.01. The third-order valence-corrected chi connectivity index (χ3v) is 4.26. The lowest BCUT2D eigenvalue weighted by Crippen LogP contribution is -2.45. The van der Waals surface area contributed by atoms with Crippen LogP contribution in [0.2, 0.25) is 0 Å². The van der Waals surface area contributed by atoms with E-state index in [0.717, 1.165) is 11.1 Å². The van der Waals surface area contributed by atoms with Gasteiger partial charge in [0.25, 0.3) is 0 Å². The number of carbonyl (C=O) groups is 1. The summed E-state index contributed by atoms with van der Waals surface area (Å²) in [6.45, 7) is 7.26. The summed E-state index contributed by atoms with van der Waals surface area (Å²) in [5.74, 6) is 0.474. The van der Waals surface area contributed by atoms with E-state index in [9.17, 15) is 18.0 Å². The maximum atomic E-state index is 13.1. The van der Waals surface area contributed by atoms with Gasteiger partial charge in [0.1, 0.15) is 0 Å². The largest absolute Gasteiger partial charge is 0.435 e. The number of guanidine groups is 1. The van der Waals surface area contributed by atoms with Crippen LogP contribution in [0, 0.1) is 5.92 Å². The molecule has 1 saturated heterocycles. The van der Waals surface area contributed by atoms with Crippen molar-refractivity contribution in [2.24, 2.45) is 18.0 Å². The second-order valence-corrected chi connectivity index (χ2v) is 6.94. The average molecular weight is 388 g/mol. The van der Waals surface area contributed by atoms with E-state index in [4.69, 9.17) is 0 Å². The second kappa shape index (κ2) is 8.62. The molecule has 1 aliphatic heterocycles. The molecule has 1 aromatic heterocycles. The van der Waals surface area contributed by atoms with Gasteiger partial charge >= 0.3 is 6.18 Å². The van der Waals surface area contributed by atoms with Crippen LogP contribution in [0.15, 0.2) is 11.2 Å². The Hall–Kier alpha value is -2.26. The molecule has 1 unspecified atom stereocenters. The Kier molecular flexibility index (Phi) is 6.72. The number of alkyl halides is 3. The molecule has 0 saturated carbocycles. The Morgan fingerprint density at radius 1 is 1.44 bits per heavy atom. The minimum Gasteiger partial charge on any atom is -0.357 e. The van der Waals surface area contributed by atoms with Crippen molar-refractivity contribution in [3.05, 3.63) is 17.5 Å². The highest BCUT2D eigenvalue weighted by Crippen LogP contribution is 2.30. The number of halogens is 3. The van der Waals surface area contributed by atoms with E-state index in [1.807, 2.05) is 20.8 Å². The van der Waals surface area contributed by atoms with Gasteiger partial charge in [-0.05, 0) is 13.3 Å². The summed E-state index contributed by atoms with van der Waals surface area (Å²) in [6.07, 6.45) is -2.42. The number of nitrogens with zero attached hydrogens (tertiary/aromatic N) is 4. The molecule has 2 heterocycles. The van der Waals surface area contributed by atoms with Crippen molar-refractivity contribution in [1.29, 1.82) is 0 Å². The van der Waals surface area contributed by atoms with Gasteiger partial charge in [0, 0.05) is 50.4 Å². The molecule has 10 heteroatoms. The average Bonchev–Trinajstić information content (AvgIpc) is 3.18. The first kappa shape index (κ1) is 21.0. The van der Waals surface area contributed by atoms with Crippen LogP contribution in [-0.4, -0.2) is 52.2 Å². The smallest absolute Gasteiger partial charge is 0.357 e. The quantitative estimate of drug-likeness (QED) is 0.595. The molecular weight excluding hydrogens is 361 g/mol. The fraction of sp³-hybridized carbons (Fsp3) is 0.706. The maximum absolute atomic E-state index is 13.1. The van der Waals surface area contributed by atoms with Gasteiger partial charge in [-0.2, -0.15) is 18.3 Å². The molecule has 2 N–H and O–H groups in total. The molecule has 2 rings (SSSR count). The lowest BCUT2D eigenvalue weighted by molar-refractivity contribution is -0.142. The monoisotopic (exact) mass is 388 g/mol. The van der Waals surface area contributed by atoms with E-state index in [1.165, 1.54) is 13.2 Å². The normalized spacial score (nSPS) is 18.3. The van der Waals surface area contributed by atoms with Crippen LogP contribution in [0.3, 0.4) is 0 Å². The van der Waals surface area contributed by atoms with Gasteiger partial charge in [0.2, 0.25) is 5.91 Å². The Morgan fingerprint density at radius 2 is 2.15 bits per heavy atom. The van der Waals surface area contributed by atoms with Gasteiger partial charge in [-0.3, -0.25) is 9.48 Å². The molecule has 0 spiro atoms. The number of rotatable bonds is 5. The number of nitrogens with one attached hydrogen (secondary N) is 2. The molecule has 152 valence electrons. The maximum Gasteiger partial charge on any atom is 0.435 e. The van der Waals surface area contributed by atoms with Gasteiger partial charge in [-0.25, -0.2) is 4.99 Å². The predicted molar refractivity (Wildman–Crippen MR) is 96.0 cm³/mol. The first-order valence-electron chi connectivity index (χ1n) is 9.05. The van der Waals surface area contributed by atoms with Crippen molar-refractivity contribution in [3.63, 3.8) is 0 Å². The van der Waals surface area contributed by atoms with Crippen LogP contribution in [0.4, 0.5) is 13.2 Å². The summed E-state index contributed by atoms with van der Waals surface area (Å²) < 4.78 is 40.3. The molecule has 0 aliphatic carbocycles. The molecule has 1 fully saturated rings. The highest BCUT2D eigenvalue weighted by atomic mass is 19.4. The standard InChI is InChI=1S/C17H27F3N6O/c1-5-21-16(23-13-6-7-26(10-13)15(27)11(2)3)22-8-12-9-25(4)24-14(12)17(18,19)20/h9,11,13H,5-8,10H2,1-4H3,(H2,21,22,23). The van der Waals surface area contributed by atoms with Crippen LogP contribution < -0.4 is 10.6 Å². The van der Waals surface area contributed by atoms with Crippen LogP contribution in [0.25, 0.3) is 0 Å². The fourth-order valence-electron chi connectivity index (χ4n) is 3.01. The van der Waals surface area contributed by atoms with Gasteiger partial charge in [0.15, 0.2) is 11.7 Å². The Balaban J connectivity index is 2.05. The lowest BCUT2D eigenvalue weighted by Gasteiger charge is -2.20. The first-order chi connectivity index (χ1) is 12.6. The van der Waals surface area contributed by atoms with E-state index in [1.54, 1.807) is 4.90 Å². The number of carbonyl (C=O) groups excluding carboxylic acids is 1. The third kappa shape index (κ3) is 5.61.